The Morgan fingerprint density at radius 2 is 1.72 bits per heavy atom. The summed E-state index contributed by atoms with van der Waals surface area (Å²) < 4.78 is 1.89. The number of nitrogens with one attached hydrogen (secondary N) is 2. The minimum Gasteiger partial charge on any atom is -0.367 e. The van der Waals surface area contributed by atoms with Gasteiger partial charge in [0, 0.05) is 31.0 Å². The van der Waals surface area contributed by atoms with Crippen LogP contribution in [0, 0.1) is 13.8 Å². The zero-order valence-electron chi connectivity index (χ0n) is 14.4. The second kappa shape index (κ2) is 7.61. The number of carbonyl (C=O) groups is 1. The van der Waals surface area contributed by atoms with Crippen molar-refractivity contribution in [3.05, 3.63) is 71.5 Å². The van der Waals surface area contributed by atoms with Gasteiger partial charge in [-0.1, -0.05) is 17.2 Å². The van der Waals surface area contributed by atoms with Crippen LogP contribution in [0.15, 0.2) is 54.9 Å². The van der Waals surface area contributed by atoms with Crippen LogP contribution in [0.5, 0.6) is 0 Å². The Balaban J connectivity index is 1.47. The zero-order valence-corrected chi connectivity index (χ0v) is 14.4. The van der Waals surface area contributed by atoms with Gasteiger partial charge in [0.2, 0.25) is 0 Å². The third kappa shape index (κ3) is 4.44. The van der Waals surface area contributed by atoms with Crippen LogP contribution in [0.25, 0.3) is 5.82 Å². The summed E-state index contributed by atoms with van der Waals surface area (Å²) >= 11 is 0. The van der Waals surface area contributed by atoms with Crippen molar-refractivity contribution in [1.82, 2.24) is 20.1 Å². The molecule has 2 N–H and O–H groups in total. The van der Waals surface area contributed by atoms with E-state index in [1.165, 1.54) is 0 Å². The SMILES string of the molecule is Cc1cc(C)cc(C(=O)NCCNc2ccc(-n3cccc3)nn2)c1. The van der Waals surface area contributed by atoms with E-state index in [-0.39, 0.29) is 5.91 Å². The van der Waals surface area contributed by atoms with Crippen molar-refractivity contribution < 1.29 is 4.79 Å². The Morgan fingerprint density at radius 3 is 2.36 bits per heavy atom. The van der Waals surface area contributed by atoms with Gasteiger partial charge in [-0.25, -0.2) is 0 Å². The van der Waals surface area contributed by atoms with E-state index in [9.17, 15) is 4.79 Å². The molecule has 2 aromatic heterocycles. The summed E-state index contributed by atoms with van der Waals surface area (Å²) in [6.07, 6.45) is 3.83. The van der Waals surface area contributed by atoms with Crippen LogP contribution >= 0.6 is 0 Å². The minimum atomic E-state index is -0.0670. The van der Waals surface area contributed by atoms with Crippen molar-refractivity contribution in [2.45, 2.75) is 13.8 Å². The molecule has 0 atom stereocenters. The predicted molar refractivity (Wildman–Crippen MR) is 98.1 cm³/mol. The molecule has 0 aliphatic carbocycles. The topological polar surface area (TPSA) is 71.8 Å². The van der Waals surface area contributed by atoms with Gasteiger partial charge in [-0.15, -0.1) is 10.2 Å². The molecule has 0 spiro atoms. The number of rotatable bonds is 6. The maximum absolute atomic E-state index is 12.2. The molecule has 0 unspecified atom stereocenters. The normalized spacial score (nSPS) is 10.5. The van der Waals surface area contributed by atoms with Gasteiger partial charge in [0.05, 0.1) is 0 Å². The van der Waals surface area contributed by atoms with Gasteiger partial charge >= 0.3 is 0 Å². The highest BCUT2D eigenvalue weighted by molar-refractivity contribution is 5.94. The van der Waals surface area contributed by atoms with E-state index in [2.05, 4.69) is 20.8 Å². The van der Waals surface area contributed by atoms with Crippen LogP contribution in [-0.4, -0.2) is 33.8 Å². The molecule has 0 saturated carbocycles. The molecular weight excluding hydrogens is 314 g/mol. The lowest BCUT2D eigenvalue weighted by molar-refractivity contribution is 0.0955. The van der Waals surface area contributed by atoms with Crippen LogP contribution in [-0.2, 0) is 0 Å². The summed E-state index contributed by atoms with van der Waals surface area (Å²) in [5.74, 6) is 1.37. The first-order valence-corrected chi connectivity index (χ1v) is 8.19. The molecule has 3 aromatic rings. The lowest BCUT2D eigenvalue weighted by Gasteiger charge is -2.09. The molecule has 6 nitrogen and oxygen atoms in total. The maximum atomic E-state index is 12.2. The fraction of sp³-hybridized carbons (Fsp3) is 0.211. The third-order valence-corrected chi connectivity index (χ3v) is 3.72. The smallest absolute Gasteiger partial charge is 0.251 e. The molecular formula is C19H21N5O. The summed E-state index contributed by atoms with van der Waals surface area (Å²) in [4.78, 5) is 12.2. The first-order valence-electron chi connectivity index (χ1n) is 8.19. The molecule has 25 heavy (non-hydrogen) atoms. The number of nitrogens with zero attached hydrogens (tertiary/aromatic N) is 3. The van der Waals surface area contributed by atoms with E-state index in [0.717, 1.165) is 16.9 Å². The van der Waals surface area contributed by atoms with E-state index in [0.29, 0.717) is 24.5 Å². The molecule has 0 radical (unpaired) electrons. The molecule has 0 aliphatic rings. The Hall–Kier alpha value is -3.15. The van der Waals surface area contributed by atoms with E-state index in [1.807, 2.05) is 73.3 Å². The summed E-state index contributed by atoms with van der Waals surface area (Å²) in [5.41, 5.74) is 2.86. The molecule has 0 bridgehead atoms. The van der Waals surface area contributed by atoms with Crippen LogP contribution in [0.4, 0.5) is 5.82 Å². The quantitative estimate of drug-likeness (QED) is 0.680. The van der Waals surface area contributed by atoms with Crippen molar-refractivity contribution in [1.29, 1.82) is 0 Å². The highest BCUT2D eigenvalue weighted by Gasteiger charge is 2.06. The lowest BCUT2D eigenvalue weighted by atomic mass is 10.1. The second-order valence-corrected chi connectivity index (χ2v) is 5.93. The second-order valence-electron chi connectivity index (χ2n) is 5.93. The number of benzene rings is 1. The standard InChI is InChI=1S/C19H21N5O/c1-14-11-15(2)13-16(12-14)19(25)21-8-7-20-17-5-6-18(23-22-17)24-9-3-4-10-24/h3-6,9-13H,7-8H2,1-2H3,(H,20,22)(H,21,25). The number of carbonyl (C=O) groups excluding carboxylic acids is 1. The van der Waals surface area contributed by atoms with E-state index in [4.69, 9.17) is 0 Å². The fourth-order valence-corrected chi connectivity index (χ4v) is 2.62. The van der Waals surface area contributed by atoms with Gasteiger partial charge in [-0.3, -0.25) is 4.79 Å². The van der Waals surface area contributed by atoms with Gasteiger partial charge < -0.3 is 15.2 Å². The Bertz CT molecular complexity index is 821. The van der Waals surface area contributed by atoms with Crippen molar-refractivity contribution in [3.8, 4) is 5.82 Å². The number of amides is 1. The summed E-state index contributed by atoms with van der Waals surface area (Å²) in [7, 11) is 0. The molecule has 6 heteroatoms. The van der Waals surface area contributed by atoms with E-state index < -0.39 is 0 Å². The summed E-state index contributed by atoms with van der Waals surface area (Å²) in [6.45, 7) is 5.06. The molecule has 3 rings (SSSR count). The third-order valence-electron chi connectivity index (χ3n) is 3.72. The van der Waals surface area contributed by atoms with Gasteiger partial charge in [0.25, 0.3) is 5.91 Å². The number of hydrogen-bond donors (Lipinski definition) is 2. The van der Waals surface area contributed by atoms with Gasteiger partial charge in [0.1, 0.15) is 5.82 Å². The van der Waals surface area contributed by atoms with Crippen molar-refractivity contribution in [3.63, 3.8) is 0 Å². The van der Waals surface area contributed by atoms with Crippen LogP contribution in [0.1, 0.15) is 21.5 Å². The van der Waals surface area contributed by atoms with Crippen LogP contribution in [0.2, 0.25) is 0 Å². The first-order chi connectivity index (χ1) is 12.1. The monoisotopic (exact) mass is 335 g/mol. The Kier molecular flexibility index (Phi) is 5.09. The molecule has 2 heterocycles. The van der Waals surface area contributed by atoms with Crippen LogP contribution in [0.3, 0.4) is 0 Å². The molecule has 0 saturated heterocycles. The number of aryl methyl sites for hydroxylation is 2. The van der Waals surface area contributed by atoms with Crippen molar-refractivity contribution in [2.24, 2.45) is 0 Å². The average molecular weight is 335 g/mol. The van der Waals surface area contributed by atoms with E-state index >= 15 is 0 Å². The predicted octanol–water partition coefficient (Wildman–Crippen LogP) is 2.73. The highest BCUT2D eigenvalue weighted by atomic mass is 16.1. The summed E-state index contributed by atoms with van der Waals surface area (Å²) in [5, 5.41) is 14.4. The van der Waals surface area contributed by atoms with E-state index in [1.54, 1.807) is 0 Å². The van der Waals surface area contributed by atoms with Gasteiger partial charge in [-0.2, -0.15) is 0 Å². The largest absolute Gasteiger partial charge is 0.367 e. The molecule has 1 aromatic carbocycles. The van der Waals surface area contributed by atoms with Crippen LogP contribution < -0.4 is 10.6 Å². The molecule has 0 fully saturated rings. The molecule has 0 aliphatic heterocycles. The number of aromatic nitrogens is 3. The van der Waals surface area contributed by atoms with Gasteiger partial charge in [-0.05, 0) is 50.2 Å². The van der Waals surface area contributed by atoms with Gasteiger partial charge in [0.15, 0.2) is 5.82 Å². The first kappa shape index (κ1) is 16.7. The summed E-state index contributed by atoms with van der Waals surface area (Å²) in [6, 6.07) is 13.5. The lowest BCUT2D eigenvalue weighted by Crippen LogP contribution is -2.29. The zero-order chi connectivity index (χ0) is 17.6. The fourth-order valence-electron chi connectivity index (χ4n) is 2.62. The number of hydrogen-bond acceptors (Lipinski definition) is 4. The maximum Gasteiger partial charge on any atom is 0.251 e. The molecule has 1 amide bonds. The Labute approximate surface area is 146 Å². The minimum absolute atomic E-state index is 0.0670. The number of anilines is 1. The molecule has 128 valence electrons. The Morgan fingerprint density at radius 1 is 1.00 bits per heavy atom. The highest BCUT2D eigenvalue weighted by Crippen LogP contribution is 2.09. The average Bonchev–Trinajstić information content (AvgIpc) is 3.13. The van der Waals surface area contributed by atoms with Crippen molar-refractivity contribution >= 4 is 11.7 Å². The van der Waals surface area contributed by atoms with Crippen molar-refractivity contribution in [2.75, 3.05) is 18.4 Å².